The molecule has 1 fully saturated rings. The predicted molar refractivity (Wildman–Crippen MR) is 125 cm³/mol. The van der Waals surface area contributed by atoms with Gasteiger partial charge in [0.15, 0.2) is 0 Å². The molecule has 0 aliphatic carbocycles. The Balaban J connectivity index is 1.26. The van der Waals surface area contributed by atoms with Crippen LogP contribution in [0.25, 0.3) is 21.9 Å². The van der Waals surface area contributed by atoms with Gasteiger partial charge in [-0.1, -0.05) is 35.9 Å². The largest absolute Gasteiger partial charge is 0.456 e. The van der Waals surface area contributed by atoms with Crippen LogP contribution in [0.2, 0.25) is 0 Å². The lowest BCUT2D eigenvalue weighted by molar-refractivity contribution is -0.120. The maximum Gasteiger partial charge on any atom is 0.243 e. The number of benzene rings is 3. The van der Waals surface area contributed by atoms with Crippen molar-refractivity contribution in [2.45, 2.75) is 24.7 Å². The third kappa shape index (κ3) is 3.78. The lowest BCUT2D eigenvalue weighted by Gasteiger charge is -2.30. The van der Waals surface area contributed by atoms with Gasteiger partial charge in [-0.2, -0.15) is 4.31 Å². The number of sulfonamides is 1. The SMILES string of the molecule is Cc1ccc(S(=O)(=O)N2CCC(C(=O)Nc3ccc4oc5ccccc5c4c3)CC2)cc1. The Morgan fingerprint density at radius 1 is 0.938 bits per heavy atom. The molecule has 0 spiro atoms. The fourth-order valence-corrected chi connectivity index (χ4v) is 5.74. The third-order valence-corrected chi connectivity index (χ3v) is 8.04. The zero-order valence-electron chi connectivity index (χ0n) is 17.7. The Hall–Kier alpha value is -3.16. The molecule has 0 saturated carbocycles. The Morgan fingerprint density at radius 3 is 2.38 bits per heavy atom. The molecular formula is C25H24N2O4S. The Morgan fingerprint density at radius 2 is 1.62 bits per heavy atom. The number of carbonyl (C=O) groups is 1. The zero-order chi connectivity index (χ0) is 22.3. The van der Waals surface area contributed by atoms with Crippen LogP contribution < -0.4 is 5.32 Å². The number of carbonyl (C=O) groups excluding carboxylic acids is 1. The van der Waals surface area contributed by atoms with Gasteiger partial charge >= 0.3 is 0 Å². The van der Waals surface area contributed by atoms with Gasteiger partial charge in [-0.25, -0.2) is 8.42 Å². The van der Waals surface area contributed by atoms with Crippen molar-refractivity contribution in [2.24, 2.45) is 5.92 Å². The van der Waals surface area contributed by atoms with E-state index < -0.39 is 10.0 Å². The van der Waals surface area contributed by atoms with Crippen molar-refractivity contribution in [3.8, 4) is 0 Å². The number of amides is 1. The predicted octanol–water partition coefficient (Wildman–Crippen LogP) is 4.93. The van der Waals surface area contributed by atoms with Crippen LogP contribution in [0.5, 0.6) is 0 Å². The minimum atomic E-state index is -3.53. The van der Waals surface area contributed by atoms with Crippen molar-refractivity contribution in [1.29, 1.82) is 0 Å². The number of para-hydroxylation sites is 1. The maximum atomic E-state index is 12.9. The first kappa shape index (κ1) is 20.7. The third-order valence-electron chi connectivity index (χ3n) is 6.13. The van der Waals surface area contributed by atoms with Crippen LogP contribution in [0, 0.1) is 12.8 Å². The number of aryl methyl sites for hydroxylation is 1. The van der Waals surface area contributed by atoms with Crippen molar-refractivity contribution >= 4 is 43.6 Å². The summed E-state index contributed by atoms with van der Waals surface area (Å²) in [5, 5.41) is 4.96. The number of piperidine rings is 1. The number of nitrogens with one attached hydrogen (secondary N) is 1. The van der Waals surface area contributed by atoms with Gasteiger partial charge in [-0.05, 0) is 56.2 Å². The number of rotatable bonds is 4. The molecule has 1 aliphatic rings. The number of fused-ring (bicyclic) bond motifs is 3. The highest BCUT2D eigenvalue weighted by atomic mass is 32.2. The molecule has 1 amide bonds. The maximum absolute atomic E-state index is 12.9. The summed E-state index contributed by atoms with van der Waals surface area (Å²) >= 11 is 0. The molecule has 0 bridgehead atoms. The fraction of sp³-hybridized carbons (Fsp3) is 0.240. The summed E-state index contributed by atoms with van der Waals surface area (Å²) in [4.78, 5) is 13.2. The lowest BCUT2D eigenvalue weighted by atomic mass is 9.97. The molecule has 2 heterocycles. The summed E-state index contributed by atoms with van der Waals surface area (Å²) in [5.74, 6) is -0.305. The van der Waals surface area contributed by atoms with Crippen molar-refractivity contribution in [3.63, 3.8) is 0 Å². The molecule has 1 saturated heterocycles. The van der Waals surface area contributed by atoms with E-state index in [4.69, 9.17) is 4.42 Å². The molecule has 1 N–H and O–H groups in total. The Labute approximate surface area is 186 Å². The molecule has 0 atom stereocenters. The van der Waals surface area contributed by atoms with Crippen LogP contribution in [-0.2, 0) is 14.8 Å². The van der Waals surface area contributed by atoms with Gasteiger partial charge in [0.25, 0.3) is 0 Å². The van der Waals surface area contributed by atoms with Crippen LogP contribution in [0.4, 0.5) is 5.69 Å². The summed E-state index contributed by atoms with van der Waals surface area (Å²) in [6.07, 6.45) is 0.988. The Bertz CT molecular complexity index is 1400. The molecule has 4 aromatic rings. The van der Waals surface area contributed by atoms with Gasteiger partial charge < -0.3 is 9.73 Å². The standard InChI is InChI=1S/C25H24N2O4S/c1-17-6-9-20(10-7-17)32(29,30)27-14-12-18(13-15-27)25(28)26-19-8-11-24-22(16-19)21-4-2-3-5-23(21)31-24/h2-11,16,18H,12-15H2,1H3,(H,26,28). The molecule has 0 unspecified atom stereocenters. The van der Waals surface area contributed by atoms with Crippen LogP contribution in [0.1, 0.15) is 18.4 Å². The first-order valence-electron chi connectivity index (χ1n) is 10.7. The van der Waals surface area contributed by atoms with Crippen LogP contribution >= 0.6 is 0 Å². The second-order valence-electron chi connectivity index (χ2n) is 8.29. The number of hydrogen-bond acceptors (Lipinski definition) is 4. The van der Waals surface area contributed by atoms with E-state index in [-0.39, 0.29) is 11.8 Å². The first-order chi connectivity index (χ1) is 15.4. The average Bonchev–Trinajstić information content (AvgIpc) is 3.17. The molecule has 0 radical (unpaired) electrons. The molecular weight excluding hydrogens is 424 g/mol. The van der Waals surface area contributed by atoms with Crippen molar-refractivity contribution in [1.82, 2.24) is 4.31 Å². The summed E-state index contributed by atoms with van der Waals surface area (Å²) < 4.78 is 33.1. The first-order valence-corrected chi connectivity index (χ1v) is 12.1. The molecule has 3 aromatic carbocycles. The van der Waals surface area contributed by atoms with E-state index in [0.717, 1.165) is 27.5 Å². The number of nitrogens with zero attached hydrogens (tertiary/aromatic N) is 1. The zero-order valence-corrected chi connectivity index (χ0v) is 18.6. The molecule has 164 valence electrons. The highest BCUT2D eigenvalue weighted by Gasteiger charge is 2.32. The minimum Gasteiger partial charge on any atom is -0.456 e. The van der Waals surface area contributed by atoms with E-state index in [9.17, 15) is 13.2 Å². The molecule has 7 heteroatoms. The van der Waals surface area contributed by atoms with E-state index in [2.05, 4.69) is 5.32 Å². The second-order valence-corrected chi connectivity index (χ2v) is 10.2. The number of furan rings is 1. The summed E-state index contributed by atoms with van der Waals surface area (Å²) in [5.41, 5.74) is 3.32. The van der Waals surface area contributed by atoms with Gasteiger partial charge in [-0.15, -0.1) is 0 Å². The molecule has 5 rings (SSSR count). The highest BCUT2D eigenvalue weighted by Crippen LogP contribution is 2.31. The molecule has 1 aliphatic heterocycles. The van der Waals surface area contributed by atoms with Gasteiger partial charge in [0.05, 0.1) is 4.90 Å². The van der Waals surface area contributed by atoms with E-state index in [1.54, 1.807) is 24.3 Å². The van der Waals surface area contributed by atoms with E-state index in [1.807, 2.05) is 49.4 Å². The number of hydrogen-bond donors (Lipinski definition) is 1. The van der Waals surface area contributed by atoms with Crippen LogP contribution in [0.3, 0.4) is 0 Å². The van der Waals surface area contributed by atoms with E-state index in [0.29, 0.717) is 36.5 Å². The average molecular weight is 449 g/mol. The van der Waals surface area contributed by atoms with Crippen molar-refractivity contribution in [3.05, 3.63) is 72.3 Å². The van der Waals surface area contributed by atoms with E-state index >= 15 is 0 Å². The highest BCUT2D eigenvalue weighted by molar-refractivity contribution is 7.89. The monoisotopic (exact) mass is 448 g/mol. The lowest BCUT2D eigenvalue weighted by Crippen LogP contribution is -2.41. The van der Waals surface area contributed by atoms with Gasteiger partial charge in [-0.3, -0.25) is 4.79 Å². The van der Waals surface area contributed by atoms with Gasteiger partial charge in [0.2, 0.25) is 15.9 Å². The van der Waals surface area contributed by atoms with E-state index in [1.165, 1.54) is 4.31 Å². The van der Waals surface area contributed by atoms with Gasteiger partial charge in [0.1, 0.15) is 11.2 Å². The van der Waals surface area contributed by atoms with Crippen molar-refractivity contribution in [2.75, 3.05) is 18.4 Å². The second kappa shape index (κ2) is 8.07. The Kier molecular flexibility index (Phi) is 5.23. The van der Waals surface area contributed by atoms with Gasteiger partial charge in [0, 0.05) is 35.5 Å². The van der Waals surface area contributed by atoms with Crippen LogP contribution in [0.15, 0.2) is 76.0 Å². The topological polar surface area (TPSA) is 79.6 Å². The normalized spacial score (nSPS) is 15.9. The summed E-state index contributed by atoms with van der Waals surface area (Å²) in [6, 6.07) is 20.3. The fourth-order valence-electron chi connectivity index (χ4n) is 4.27. The quantitative estimate of drug-likeness (QED) is 0.480. The van der Waals surface area contributed by atoms with Crippen molar-refractivity contribution < 1.29 is 17.6 Å². The molecule has 6 nitrogen and oxygen atoms in total. The summed E-state index contributed by atoms with van der Waals surface area (Å²) in [7, 11) is -3.53. The molecule has 32 heavy (non-hydrogen) atoms. The van der Waals surface area contributed by atoms with Crippen LogP contribution in [-0.4, -0.2) is 31.7 Å². The smallest absolute Gasteiger partial charge is 0.243 e. The minimum absolute atomic E-state index is 0.0791. The summed E-state index contributed by atoms with van der Waals surface area (Å²) in [6.45, 7) is 2.59. The molecule has 1 aromatic heterocycles. The number of anilines is 1.